The number of ether oxygens (including phenoxy) is 1. The van der Waals surface area contributed by atoms with Crippen LogP contribution in [-0.2, 0) is 14.3 Å². The highest BCUT2D eigenvalue weighted by Crippen LogP contribution is 2.44. The van der Waals surface area contributed by atoms with Crippen LogP contribution in [0.2, 0.25) is 0 Å². The van der Waals surface area contributed by atoms with Gasteiger partial charge in [0, 0.05) is 12.0 Å². The molecule has 34 heavy (non-hydrogen) atoms. The Balaban J connectivity index is 1.39. The van der Waals surface area contributed by atoms with E-state index in [2.05, 4.69) is 34.9 Å². The largest absolute Gasteiger partial charge is 0.481 e. The van der Waals surface area contributed by atoms with E-state index in [1.54, 1.807) is 11.8 Å². The summed E-state index contributed by atoms with van der Waals surface area (Å²) in [5.41, 5.74) is 4.53. The van der Waals surface area contributed by atoms with Crippen molar-refractivity contribution in [3.63, 3.8) is 0 Å². The zero-order chi connectivity index (χ0) is 24.1. The van der Waals surface area contributed by atoms with Gasteiger partial charge in [0.15, 0.2) is 0 Å². The van der Waals surface area contributed by atoms with Crippen molar-refractivity contribution in [3.8, 4) is 11.1 Å². The van der Waals surface area contributed by atoms with E-state index in [0.29, 0.717) is 25.0 Å². The second-order valence-corrected chi connectivity index (χ2v) is 9.78. The Bertz CT molecular complexity index is 1010. The number of thioether (sulfide) groups is 1. The predicted molar refractivity (Wildman–Crippen MR) is 132 cm³/mol. The van der Waals surface area contributed by atoms with E-state index in [9.17, 15) is 19.5 Å². The van der Waals surface area contributed by atoms with Crippen LogP contribution < -0.4 is 10.6 Å². The highest BCUT2D eigenvalue weighted by Gasteiger charge is 2.35. The fourth-order valence-electron chi connectivity index (χ4n) is 5.00. The molecule has 0 saturated heterocycles. The van der Waals surface area contributed by atoms with Crippen LogP contribution in [0, 0.1) is 5.92 Å². The fraction of sp³-hybridized carbons (Fsp3) is 0.423. The minimum atomic E-state index is -0.895. The molecular weight excluding hydrogens is 452 g/mol. The quantitative estimate of drug-likeness (QED) is 0.499. The number of nitrogens with one attached hydrogen (secondary N) is 2. The number of rotatable bonds is 9. The van der Waals surface area contributed by atoms with Crippen LogP contribution >= 0.6 is 11.8 Å². The van der Waals surface area contributed by atoms with E-state index < -0.39 is 30.1 Å². The van der Waals surface area contributed by atoms with Gasteiger partial charge in [-0.05, 0) is 53.5 Å². The smallest absolute Gasteiger partial charge is 0.407 e. The van der Waals surface area contributed by atoms with Gasteiger partial charge < -0.3 is 20.5 Å². The third-order valence-electron chi connectivity index (χ3n) is 6.72. The van der Waals surface area contributed by atoms with Gasteiger partial charge in [-0.25, -0.2) is 4.79 Å². The maximum atomic E-state index is 12.9. The number of fused-ring (bicyclic) bond motifs is 3. The average molecular weight is 483 g/mol. The molecule has 2 amide bonds. The maximum Gasteiger partial charge on any atom is 0.407 e. The van der Waals surface area contributed by atoms with Crippen LogP contribution in [0.4, 0.5) is 4.79 Å². The predicted octanol–water partition coefficient (Wildman–Crippen LogP) is 4.02. The first-order chi connectivity index (χ1) is 16.5. The van der Waals surface area contributed by atoms with Crippen LogP contribution in [0.3, 0.4) is 0 Å². The molecule has 0 heterocycles. The Morgan fingerprint density at radius 1 is 1.06 bits per heavy atom. The van der Waals surface area contributed by atoms with Gasteiger partial charge in [0.2, 0.25) is 5.91 Å². The van der Waals surface area contributed by atoms with Crippen molar-refractivity contribution in [1.29, 1.82) is 0 Å². The highest BCUT2D eigenvalue weighted by atomic mass is 32.2. The minimum absolute atomic E-state index is 0.0635. The van der Waals surface area contributed by atoms with E-state index >= 15 is 0 Å². The number of amides is 2. The Kier molecular flexibility index (Phi) is 7.77. The second-order valence-electron chi connectivity index (χ2n) is 8.79. The van der Waals surface area contributed by atoms with E-state index in [4.69, 9.17) is 4.74 Å². The van der Waals surface area contributed by atoms with Crippen LogP contribution in [0.25, 0.3) is 11.1 Å². The van der Waals surface area contributed by atoms with Gasteiger partial charge >= 0.3 is 12.1 Å². The zero-order valence-electron chi connectivity index (χ0n) is 19.2. The first-order valence-corrected chi connectivity index (χ1v) is 13.0. The van der Waals surface area contributed by atoms with Crippen LogP contribution in [0.15, 0.2) is 48.5 Å². The summed E-state index contributed by atoms with van der Waals surface area (Å²) in [6, 6.07) is 15.0. The number of carbonyl (C=O) groups is 3. The molecule has 3 N–H and O–H groups in total. The fourth-order valence-corrected chi connectivity index (χ4v) is 5.47. The molecule has 2 aliphatic rings. The zero-order valence-corrected chi connectivity index (χ0v) is 20.0. The molecule has 0 aliphatic heterocycles. The van der Waals surface area contributed by atoms with Gasteiger partial charge in [-0.15, -0.1) is 0 Å². The van der Waals surface area contributed by atoms with E-state index in [1.807, 2.05) is 30.5 Å². The molecule has 1 saturated carbocycles. The lowest BCUT2D eigenvalue weighted by Crippen LogP contribution is -2.51. The number of carboxylic acids is 1. The summed E-state index contributed by atoms with van der Waals surface area (Å²) in [4.78, 5) is 37.1. The van der Waals surface area contributed by atoms with Crippen molar-refractivity contribution >= 4 is 29.7 Å². The summed E-state index contributed by atoms with van der Waals surface area (Å²) in [6.45, 7) is 0.167. The monoisotopic (exact) mass is 482 g/mol. The molecule has 7 nitrogen and oxygen atoms in total. The molecule has 0 aromatic heterocycles. The maximum absolute atomic E-state index is 12.9. The number of carboxylic acid groups (broad SMARTS) is 1. The summed E-state index contributed by atoms with van der Waals surface area (Å²) >= 11 is 1.57. The molecule has 0 spiro atoms. The van der Waals surface area contributed by atoms with E-state index in [-0.39, 0.29) is 18.4 Å². The molecule has 2 aromatic carbocycles. The van der Waals surface area contributed by atoms with Crippen molar-refractivity contribution in [2.45, 2.75) is 43.7 Å². The Morgan fingerprint density at radius 2 is 1.71 bits per heavy atom. The van der Waals surface area contributed by atoms with Gasteiger partial charge in [-0.2, -0.15) is 11.8 Å². The van der Waals surface area contributed by atoms with Crippen LogP contribution in [0.1, 0.15) is 42.7 Å². The number of hydrogen-bond acceptors (Lipinski definition) is 5. The van der Waals surface area contributed by atoms with Gasteiger partial charge in [0.1, 0.15) is 12.6 Å². The number of benzene rings is 2. The van der Waals surface area contributed by atoms with Crippen LogP contribution in [0.5, 0.6) is 0 Å². The highest BCUT2D eigenvalue weighted by molar-refractivity contribution is 7.98. The topological polar surface area (TPSA) is 105 Å². The third kappa shape index (κ3) is 5.22. The second kappa shape index (κ2) is 11.0. The third-order valence-corrected chi connectivity index (χ3v) is 7.37. The van der Waals surface area contributed by atoms with Crippen molar-refractivity contribution in [3.05, 3.63) is 59.7 Å². The number of hydrogen-bond donors (Lipinski definition) is 3. The van der Waals surface area contributed by atoms with Gasteiger partial charge in [0.25, 0.3) is 0 Å². The molecule has 8 heteroatoms. The SMILES string of the molecule is CSCCC(NC(=O)OCC1c2ccccc2-c2ccccc21)C(=O)NC1CCCC1C(=O)O. The number of aliphatic carboxylic acids is 1. The lowest BCUT2D eigenvalue weighted by atomic mass is 9.98. The molecule has 180 valence electrons. The minimum Gasteiger partial charge on any atom is -0.481 e. The van der Waals surface area contributed by atoms with Crippen molar-refractivity contribution < 1.29 is 24.2 Å². The van der Waals surface area contributed by atoms with E-state index in [1.165, 1.54) is 0 Å². The van der Waals surface area contributed by atoms with Crippen molar-refractivity contribution in [2.75, 3.05) is 18.6 Å². The summed E-state index contributed by atoms with van der Waals surface area (Å²) in [5.74, 6) is -1.23. The molecule has 0 radical (unpaired) electrons. The standard InChI is InChI=1S/C26H30N2O5S/c1-34-14-13-23(24(29)27-22-12-6-11-20(22)25(30)31)28-26(32)33-15-21-18-9-4-2-7-16(18)17-8-3-5-10-19(17)21/h2-5,7-10,20-23H,6,11-15H2,1H3,(H,27,29)(H,28,32)(H,30,31). The molecule has 0 bridgehead atoms. The van der Waals surface area contributed by atoms with Crippen LogP contribution in [-0.4, -0.2) is 53.8 Å². The molecule has 1 fully saturated rings. The van der Waals surface area contributed by atoms with Crippen molar-refractivity contribution in [1.82, 2.24) is 10.6 Å². The Labute approximate surface area is 203 Å². The molecular formula is C26H30N2O5S. The average Bonchev–Trinajstić information content (AvgIpc) is 3.43. The van der Waals surface area contributed by atoms with Crippen molar-refractivity contribution in [2.24, 2.45) is 5.92 Å². The lowest BCUT2D eigenvalue weighted by molar-refractivity contribution is -0.142. The summed E-state index contributed by atoms with van der Waals surface area (Å²) in [6.07, 6.45) is 3.65. The lowest BCUT2D eigenvalue weighted by Gasteiger charge is -2.23. The summed E-state index contributed by atoms with van der Waals surface area (Å²) in [7, 11) is 0. The summed E-state index contributed by atoms with van der Waals surface area (Å²) < 4.78 is 5.60. The first-order valence-electron chi connectivity index (χ1n) is 11.6. The molecule has 2 aliphatic carbocycles. The molecule has 2 aromatic rings. The number of carbonyl (C=O) groups excluding carboxylic acids is 2. The van der Waals surface area contributed by atoms with Gasteiger partial charge in [0.05, 0.1) is 5.92 Å². The van der Waals surface area contributed by atoms with Gasteiger partial charge in [-0.1, -0.05) is 55.0 Å². The molecule has 3 atom stereocenters. The Hall–Kier alpha value is -3.00. The molecule has 4 rings (SSSR count). The normalized spacial score (nSPS) is 19.7. The van der Waals surface area contributed by atoms with Gasteiger partial charge in [-0.3, -0.25) is 9.59 Å². The molecule has 3 unspecified atom stereocenters. The number of alkyl carbamates (subject to hydrolysis) is 1. The van der Waals surface area contributed by atoms with E-state index in [0.717, 1.165) is 28.7 Å². The first kappa shape index (κ1) is 24.1. The Morgan fingerprint density at radius 3 is 2.32 bits per heavy atom. The summed E-state index contributed by atoms with van der Waals surface area (Å²) in [5, 5.41) is 14.9.